The molecule has 88 valence electrons. The molecule has 1 amide bonds. The number of aliphatic hydroxyl groups is 1. The summed E-state index contributed by atoms with van der Waals surface area (Å²) >= 11 is 0. The first-order valence-corrected chi connectivity index (χ1v) is 9.19. The van der Waals surface area contributed by atoms with E-state index in [0.29, 0.717) is 26.1 Å². The van der Waals surface area contributed by atoms with Crippen LogP contribution in [0.15, 0.2) is 0 Å². The zero-order valence-electron chi connectivity index (χ0n) is 9.82. The lowest BCUT2D eigenvalue weighted by atomic mass is 10.3. The summed E-state index contributed by atoms with van der Waals surface area (Å²) in [7, 11) is -1.12. The molecule has 1 rings (SSSR count). The van der Waals surface area contributed by atoms with E-state index in [1.54, 1.807) is 4.90 Å². The van der Waals surface area contributed by atoms with Gasteiger partial charge < -0.3 is 14.7 Å². The Morgan fingerprint density at radius 1 is 1.53 bits per heavy atom. The van der Waals surface area contributed by atoms with Gasteiger partial charge in [0.2, 0.25) is 0 Å². The number of β-amino-alcohol motifs (C(OH)–C–C–N with tert-alkyl or cyclic N) is 1. The Hall–Kier alpha value is -0.553. The number of amides is 1. The number of carbonyl (C=O) groups excluding carboxylic acids is 1. The molecule has 1 aliphatic heterocycles. The number of likely N-dealkylation sites (tertiary alicyclic amines) is 1. The smallest absolute Gasteiger partial charge is 0.409 e. The summed E-state index contributed by atoms with van der Waals surface area (Å²) < 4.78 is 5.16. The highest BCUT2D eigenvalue weighted by atomic mass is 28.3. The summed E-state index contributed by atoms with van der Waals surface area (Å²) in [5.74, 6) is 0. The first kappa shape index (κ1) is 12.5. The molecule has 1 saturated heterocycles. The van der Waals surface area contributed by atoms with Crippen molar-refractivity contribution in [3.63, 3.8) is 0 Å². The quantitative estimate of drug-likeness (QED) is 0.749. The maximum Gasteiger partial charge on any atom is 0.409 e. The van der Waals surface area contributed by atoms with Crippen LogP contribution in [0.4, 0.5) is 4.79 Å². The molecule has 0 aromatic carbocycles. The molecule has 0 bridgehead atoms. The molecule has 1 atom stereocenters. The summed E-state index contributed by atoms with van der Waals surface area (Å²) in [5.41, 5.74) is 0. The van der Waals surface area contributed by atoms with Crippen LogP contribution in [-0.2, 0) is 4.74 Å². The minimum absolute atomic E-state index is 0.273. The van der Waals surface area contributed by atoms with Gasteiger partial charge in [-0.1, -0.05) is 19.6 Å². The normalized spacial score (nSPS) is 21.9. The maximum atomic E-state index is 11.5. The van der Waals surface area contributed by atoms with Gasteiger partial charge in [-0.3, -0.25) is 0 Å². The maximum absolute atomic E-state index is 11.5. The van der Waals surface area contributed by atoms with Gasteiger partial charge in [0.05, 0.1) is 12.7 Å². The number of aliphatic hydroxyl groups excluding tert-OH is 1. The average Bonchev–Trinajstić information content (AvgIpc) is 2.49. The summed E-state index contributed by atoms with van der Waals surface area (Å²) in [6, 6.07) is 0.995. The van der Waals surface area contributed by atoms with Gasteiger partial charge in [-0.05, 0) is 12.5 Å². The summed E-state index contributed by atoms with van der Waals surface area (Å²) in [6.07, 6.45) is 0.0303. The molecule has 1 aliphatic rings. The second kappa shape index (κ2) is 4.98. The van der Waals surface area contributed by atoms with Crippen LogP contribution >= 0.6 is 0 Å². The van der Waals surface area contributed by atoms with Crippen LogP contribution in [0.3, 0.4) is 0 Å². The van der Waals surface area contributed by atoms with Crippen molar-refractivity contribution in [2.45, 2.75) is 38.2 Å². The van der Waals surface area contributed by atoms with Crippen molar-refractivity contribution in [1.29, 1.82) is 0 Å². The Bertz CT molecular complexity index is 227. The fourth-order valence-electron chi connectivity index (χ4n) is 1.44. The predicted octanol–water partition coefficient (Wildman–Crippen LogP) is 1.53. The van der Waals surface area contributed by atoms with Crippen LogP contribution in [0.2, 0.25) is 25.7 Å². The van der Waals surface area contributed by atoms with Gasteiger partial charge in [-0.25, -0.2) is 4.79 Å². The minimum atomic E-state index is -1.12. The Kier molecular flexibility index (Phi) is 4.16. The van der Waals surface area contributed by atoms with E-state index in [1.807, 2.05) is 0 Å². The average molecular weight is 231 g/mol. The molecule has 1 heterocycles. The number of hydrogen-bond donors (Lipinski definition) is 1. The van der Waals surface area contributed by atoms with Gasteiger partial charge in [0, 0.05) is 21.2 Å². The van der Waals surface area contributed by atoms with Crippen molar-refractivity contribution < 1.29 is 14.6 Å². The van der Waals surface area contributed by atoms with Crippen molar-refractivity contribution in [1.82, 2.24) is 4.90 Å². The standard InChI is InChI=1S/C10H21NO3Si/c1-15(2,3)7-6-14-10(13)11-5-4-9(12)8-11/h9,12H,4-8H2,1-3H3. The van der Waals surface area contributed by atoms with Crippen molar-refractivity contribution >= 4 is 14.2 Å². The van der Waals surface area contributed by atoms with Crippen molar-refractivity contribution in [2.75, 3.05) is 19.7 Å². The van der Waals surface area contributed by atoms with E-state index in [9.17, 15) is 9.90 Å². The Balaban J connectivity index is 2.19. The molecule has 5 heteroatoms. The van der Waals surface area contributed by atoms with E-state index in [1.165, 1.54) is 0 Å². The fraction of sp³-hybridized carbons (Fsp3) is 0.900. The molecule has 0 spiro atoms. The molecule has 0 aromatic rings. The van der Waals surface area contributed by atoms with Crippen LogP contribution in [0.25, 0.3) is 0 Å². The van der Waals surface area contributed by atoms with E-state index in [-0.39, 0.29) is 12.2 Å². The van der Waals surface area contributed by atoms with Gasteiger partial charge in [0.25, 0.3) is 0 Å². The van der Waals surface area contributed by atoms with Crippen LogP contribution in [0.1, 0.15) is 6.42 Å². The topological polar surface area (TPSA) is 49.8 Å². The number of rotatable bonds is 3. The Morgan fingerprint density at radius 2 is 2.20 bits per heavy atom. The van der Waals surface area contributed by atoms with E-state index >= 15 is 0 Å². The zero-order chi connectivity index (χ0) is 11.5. The van der Waals surface area contributed by atoms with Crippen molar-refractivity contribution in [3.8, 4) is 0 Å². The molecule has 0 saturated carbocycles. The number of hydrogen-bond acceptors (Lipinski definition) is 3. The lowest BCUT2D eigenvalue weighted by Crippen LogP contribution is -2.31. The lowest BCUT2D eigenvalue weighted by molar-refractivity contribution is 0.107. The molecular weight excluding hydrogens is 210 g/mol. The zero-order valence-corrected chi connectivity index (χ0v) is 10.8. The molecular formula is C10H21NO3Si. The largest absolute Gasteiger partial charge is 0.450 e. The first-order chi connectivity index (χ1) is 6.88. The predicted molar refractivity (Wildman–Crippen MR) is 61.7 cm³/mol. The summed E-state index contributed by atoms with van der Waals surface area (Å²) in [5, 5.41) is 9.26. The van der Waals surface area contributed by atoms with Gasteiger partial charge in [-0.2, -0.15) is 0 Å². The number of nitrogens with zero attached hydrogens (tertiary/aromatic N) is 1. The van der Waals surface area contributed by atoms with Gasteiger partial charge in [0.15, 0.2) is 0 Å². The molecule has 15 heavy (non-hydrogen) atoms. The molecule has 0 aromatic heterocycles. The Morgan fingerprint density at radius 3 is 2.67 bits per heavy atom. The lowest BCUT2D eigenvalue weighted by Gasteiger charge is -2.18. The number of ether oxygens (including phenoxy) is 1. The monoisotopic (exact) mass is 231 g/mol. The highest BCUT2D eigenvalue weighted by molar-refractivity contribution is 6.76. The van der Waals surface area contributed by atoms with E-state index in [4.69, 9.17) is 4.74 Å². The minimum Gasteiger partial charge on any atom is -0.450 e. The molecule has 1 fully saturated rings. The van der Waals surface area contributed by atoms with Crippen molar-refractivity contribution in [3.05, 3.63) is 0 Å². The van der Waals surface area contributed by atoms with Crippen LogP contribution in [-0.4, -0.2) is 50.0 Å². The molecule has 1 unspecified atom stereocenters. The van der Waals surface area contributed by atoms with Crippen LogP contribution in [0.5, 0.6) is 0 Å². The summed E-state index contributed by atoms with van der Waals surface area (Å²) in [4.78, 5) is 13.1. The third-order valence-electron chi connectivity index (χ3n) is 2.50. The molecule has 1 N–H and O–H groups in total. The molecule has 0 radical (unpaired) electrons. The highest BCUT2D eigenvalue weighted by Gasteiger charge is 2.25. The van der Waals surface area contributed by atoms with Gasteiger partial charge in [0.1, 0.15) is 0 Å². The fourth-order valence-corrected chi connectivity index (χ4v) is 2.16. The van der Waals surface area contributed by atoms with Crippen LogP contribution < -0.4 is 0 Å². The third-order valence-corrected chi connectivity index (χ3v) is 4.20. The van der Waals surface area contributed by atoms with Gasteiger partial charge >= 0.3 is 6.09 Å². The van der Waals surface area contributed by atoms with E-state index in [2.05, 4.69) is 19.6 Å². The molecule has 4 nitrogen and oxygen atoms in total. The van der Waals surface area contributed by atoms with E-state index in [0.717, 1.165) is 6.04 Å². The van der Waals surface area contributed by atoms with E-state index < -0.39 is 8.07 Å². The van der Waals surface area contributed by atoms with Crippen LogP contribution in [0, 0.1) is 0 Å². The second-order valence-electron chi connectivity index (χ2n) is 5.31. The molecule has 0 aliphatic carbocycles. The number of carbonyl (C=O) groups is 1. The highest BCUT2D eigenvalue weighted by Crippen LogP contribution is 2.12. The second-order valence-corrected chi connectivity index (χ2v) is 10.9. The SMILES string of the molecule is C[Si](C)(C)CCOC(=O)N1CCC(O)C1. The van der Waals surface area contributed by atoms with Crippen molar-refractivity contribution in [2.24, 2.45) is 0 Å². The summed E-state index contributed by atoms with van der Waals surface area (Å²) in [6.45, 7) is 8.31. The Labute approximate surface area is 92.2 Å². The van der Waals surface area contributed by atoms with Gasteiger partial charge in [-0.15, -0.1) is 0 Å². The first-order valence-electron chi connectivity index (χ1n) is 5.48. The third kappa shape index (κ3) is 4.66.